The Balaban J connectivity index is 2.28. The van der Waals surface area contributed by atoms with Crippen LogP contribution in [0.4, 0.5) is 5.88 Å². The second-order valence-electron chi connectivity index (χ2n) is 3.72. The van der Waals surface area contributed by atoms with Crippen molar-refractivity contribution in [3.63, 3.8) is 0 Å². The zero-order valence-corrected chi connectivity index (χ0v) is 10.6. The van der Waals surface area contributed by atoms with E-state index in [4.69, 9.17) is 19.7 Å². The Labute approximate surface area is 106 Å². The van der Waals surface area contributed by atoms with Crippen molar-refractivity contribution >= 4 is 21.8 Å². The molecule has 1 aromatic carbocycles. The Morgan fingerprint density at radius 1 is 1.41 bits per heavy atom. The highest BCUT2D eigenvalue weighted by Gasteiger charge is 2.24. The van der Waals surface area contributed by atoms with Crippen LogP contribution in [0.2, 0.25) is 0 Å². The highest BCUT2D eigenvalue weighted by Crippen LogP contribution is 2.47. The molecule has 2 N–H and O–H groups in total. The van der Waals surface area contributed by atoms with Crippen LogP contribution < -0.4 is 15.2 Å². The predicted molar refractivity (Wildman–Crippen MR) is 64.9 cm³/mol. The lowest BCUT2D eigenvalue weighted by molar-refractivity contribution is 0.173. The van der Waals surface area contributed by atoms with Gasteiger partial charge in [0.25, 0.3) is 0 Å². The average molecular weight is 297 g/mol. The van der Waals surface area contributed by atoms with Crippen LogP contribution in [0.25, 0.3) is 11.1 Å². The molecule has 0 saturated carbocycles. The van der Waals surface area contributed by atoms with E-state index in [2.05, 4.69) is 21.1 Å². The molecule has 2 aromatic rings. The summed E-state index contributed by atoms with van der Waals surface area (Å²) in [5.41, 5.74) is 8.40. The number of rotatable bonds is 1. The first-order valence-electron chi connectivity index (χ1n) is 4.97. The third kappa shape index (κ3) is 1.48. The van der Waals surface area contributed by atoms with Crippen molar-refractivity contribution in [3.05, 3.63) is 22.3 Å². The third-order valence-corrected chi connectivity index (χ3v) is 3.43. The summed E-state index contributed by atoms with van der Waals surface area (Å²) in [5.74, 6) is 1.70. The Morgan fingerprint density at radius 3 is 2.94 bits per heavy atom. The van der Waals surface area contributed by atoms with Crippen LogP contribution in [0.5, 0.6) is 11.5 Å². The van der Waals surface area contributed by atoms with Crippen LogP contribution in [-0.4, -0.2) is 11.9 Å². The Hall–Kier alpha value is -1.69. The molecule has 0 radical (unpaired) electrons. The molecule has 0 saturated heterocycles. The molecule has 6 heteroatoms. The number of aryl methyl sites for hydroxylation is 1. The van der Waals surface area contributed by atoms with Gasteiger partial charge in [0, 0.05) is 5.56 Å². The van der Waals surface area contributed by atoms with Crippen molar-refractivity contribution in [1.29, 1.82) is 0 Å². The highest BCUT2D eigenvalue weighted by atomic mass is 79.9. The van der Waals surface area contributed by atoms with E-state index in [1.165, 1.54) is 0 Å². The van der Waals surface area contributed by atoms with Crippen LogP contribution in [0.1, 0.15) is 5.56 Å². The quantitative estimate of drug-likeness (QED) is 0.876. The standard InChI is InChI=1S/C11H9BrN2O3/c1-5-2-7-10(16-4-15-7)9(12)8(5)6-3-14-17-11(6)13/h2-3H,4,13H2,1H3. The highest BCUT2D eigenvalue weighted by molar-refractivity contribution is 9.10. The zero-order chi connectivity index (χ0) is 12.0. The molecule has 5 nitrogen and oxygen atoms in total. The van der Waals surface area contributed by atoms with Gasteiger partial charge in [0.05, 0.1) is 16.2 Å². The van der Waals surface area contributed by atoms with Crippen molar-refractivity contribution in [1.82, 2.24) is 5.16 Å². The minimum atomic E-state index is 0.232. The van der Waals surface area contributed by atoms with Gasteiger partial charge in [-0.2, -0.15) is 0 Å². The van der Waals surface area contributed by atoms with Gasteiger partial charge in [0.1, 0.15) is 0 Å². The third-order valence-electron chi connectivity index (χ3n) is 2.67. The Bertz CT molecular complexity index is 595. The van der Waals surface area contributed by atoms with Gasteiger partial charge in [-0.3, -0.25) is 0 Å². The first-order chi connectivity index (χ1) is 8.18. The maximum atomic E-state index is 5.73. The largest absolute Gasteiger partial charge is 0.454 e. The lowest BCUT2D eigenvalue weighted by Crippen LogP contribution is -1.93. The minimum Gasteiger partial charge on any atom is -0.454 e. The van der Waals surface area contributed by atoms with Gasteiger partial charge >= 0.3 is 0 Å². The number of aromatic nitrogens is 1. The molecular formula is C11H9BrN2O3. The summed E-state index contributed by atoms with van der Waals surface area (Å²) in [6.07, 6.45) is 1.59. The second kappa shape index (κ2) is 3.66. The number of ether oxygens (including phenoxy) is 2. The van der Waals surface area contributed by atoms with Gasteiger partial charge in [-0.15, -0.1) is 0 Å². The molecule has 1 aliphatic heterocycles. The van der Waals surface area contributed by atoms with E-state index in [1.807, 2.05) is 13.0 Å². The summed E-state index contributed by atoms with van der Waals surface area (Å²) < 4.78 is 16.4. The molecule has 0 spiro atoms. The lowest BCUT2D eigenvalue weighted by Gasteiger charge is -2.09. The fraction of sp³-hybridized carbons (Fsp3) is 0.182. The van der Waals surface area contributed by atoms with Crippen molar-refractivity contribution in [2.24, 2.45) is 0 Å². The van der Waals surface area contributed by atoms with E-state index in [-0.39, 0.29) is 12.7 Å². The fourth-order valence-corrected chi connectivity index (χ4v) is 2.73. The normalized spacial score (nSPS) is 13.1. The van der Waals surface area contributed by atoms with Crippen molar-refractivity contribution in [3.8, 4) is 22.6 Å². The number of nitrogen functional groups attached to an aromatic ring is 1. The number of hydrogen-bond acceptors (Lipinski definition) is 5. The number of nitrogens with zero attached hydrogens (tertiary/aromatic N) is 1. The van der Waals surface area contributed by atoms with Gasteiger partial charge < -0.3 is 19.7 Å². The fourth-order valence-electron chi connectivity index (χ4n) is 1.89. The topological polar surface area (TPSA) is 70.5 Å². The number of anilines is 1. The predicted octanol–water partition coefficient (Wildman–Crippen LogP) is 2.72. The van der Waals surface area contributed by atoms with Crippen LogP contribution in [-0.2, 0) is 0 Å². The molecule has 0 amide bonds. The van der Waals surface area contributed by atoms with E-state index < -0.39 is 0 Å². The number of hydrogen-bond donors (Lipinski definition) is 1. The SMILES string of the molecule is Cc1cc2c(c(Br)c1-c1cnoc1N)OCO2. The molecule has 1 aromatic heterocycles. The molecule has 88 valence electrons. The molecule has 17 heavy (non-hydrogen) atoms. The Kier molecular flexibility index (Phi) is 2.25. The van der Waals surface area contributed by atoms with Gasteiger partial charge in [-0.05, 0) is 34.5 Å². The monoisotopic (exact) mass is 296 g/mol. The average Bonchev–Trinajstić information content (AvgIpc) is 2.88. The van der Waals surface area contributed by atoms with Crippen molar-refractivity contribution < 1.29 is 14.0 Å². The molecule has 0 bridgehead atoms. The first-order valence-corrected chi connectivity index (χ1v) is 5.77. The maximum absolute atomic E-state index is 5.73. The van der Waals surface area contributed by atoms with Gasteiger partial charge in [-0.25, -0.2) is 0 Å². The summed E-state index contributed by atoms with van der Waals surface area (Å²) >= 11 is 3.51. The molecule has 0 fully saturated rings. The van der Waals surface area contributed by atoms with E-state index >= 15 is 0 Å². The van der Waals surface area contributed by atoms with E-state index in [0.717, 1.165) is 26.9 Å². The zero-order valence-electron chi connectivity index (χ0n) is 8.99. The van der Waals surface area contributed by atoms with Crippen LogP contribution in [0, 0.1) is 6.92 Å². The van der Waals surface area contributed by atoms with E-state index in [9.17, 15) is 0 Å². The Morgan fingerprint density at radius 2 is 2.24 bits per heavy atom. The van der Waals surface area contributed by atoms with Gasteiger partial charge in [0.15, 0.2) is 11.5 Å². The molecule has 1 aliphatic rings. The molecule has 2 heterocycles. The van der Waals surface area contributed by atoms with Gasteiger partial charge in [-0.1, -0.05) is 5.16 Å². The lowest BCUT2D eigenvalue weighted by atomic mass is 10.0. The summed E-state index contributed by atoms with van der Waals surface area (Å²) in [4.78, 5) is 0. The molecule has 0 aliphatic carbocycles. The maximum Gasteiger partial charge on any atom is 0.231 e. The number of fused-ring (bicyclic) bond motifs is 1. The van der Waals surface area contributed by atoms with E-state index in [1.54, 1.807) is 6.20 Å². The van der Waals surface area contributed by atoms with E-state index in [0.29, 0.717) is 5.75 Å². The van der Waals surface area contributed by atoms with Crippen molar-refractivity contribution in [2.45, 2.75) is 6.92 Å². The second-order valence-corrected chi connectivity index (χ2v) is 4.51. The molecule has 0 atom stereocenters. The number of halogens is 1. The summed E-state index contributed by atoms with van der Waals surface area (Å²) in [7, 11) is 0. The molecule has 0 unspecified atom stereocenters. The number of benzene rings is 1. The van der Waals surface area contributed by atoms with Gasteiger partial charge in [0.2, 0.25) is 12.7 Å². The minimum absolute atomic E-state index is 0.232. The van der Waals surface area contributed by atoms with Crippen molar-refractivity contribution in [2.75, 3.05) is 12.5 Å². The smallest absolute Gasteiger partial charge is 0.231 e. The van der Waals surface area contributed by atoms with Crippen LogP contribution >= 0.6 is 15.9 Å². The van der Waals surface area contributed by atoms with Crippen LogP contribution in [0.15, 0.2) is 21.3 Å². The summed E-state index contributed by atoms with van der Waals surface area (Å²) in [6.45, 7) is 2.20. The molecular weight excluding hydrogens is 288 g/mol. The number of nitrogens with two attached hydrogens (primary N) is 1. The summed E-state index contributed by atoms with van der Waals surface area (Å²) in [6, 6.07) is 1.91. The summed E-state index contributed by atoms with van der Waals surface area (Å²) in [5, 5.41) is 3.68. The molecule has 3 rings (SSSR count). The van der Waals surface area contributed by atoms with Crippen LogP contribution in [0.3, 0.4) is 0 Å². The first kappa shape index (κ1) is 10.5.